The number of ether oxygens (including phenoxy) is 1. The van der Waals surface area contributed by atoms with Gasteiger partial charge in [-0.25, -0.2) is 4.79 Å². The van der Waals surface area contributed by atoms with Crippen LogP contribution in [0.1, 0.15) is 239 Å². The minimum absolute atomic E-state index is 0.409. The van der Waals surface area contributed by atoms with Crippen molar-refractivity contribution in [3.8, 4) is 0 Å². The van der Waals surface area contributed by atoms with Crippen LogP contribution in [0.2, 0.25) is 0 Å². The lowest BCUT2D eigenvalue weighted by atomic mass is 10.0. The molecular formula is C40H80O3. The molecule has 0 aliphatic rings. The molecule has 3 nitrogen and oxygen atoms in total. The number of esters is 1. The first-order valence-electron chi connectivity index (χ1n) is 20.1. The summed E-state index contributed by atoms with van der Waals surface area (Å²) in [5, 5.41) is 10.1. The van der Waals surface area contributed by atoms with Gasteiger partial charge in [-0.3, -0.25) is 0 Å². The smallest absolute Gasteiger partial charge is 0.334 e. The van der Waals surface area contributed by atoms with Crippen molar-refractivity contribution in [1.82, 2.24) is 0 Å². The molecule has 1 unspecified atom stereocenters. The topological polar surface area (TPSA) is 46.5 Å². The van der Waals surface area contributed by atoms with Gasteiger partial charge in [0.25, 0.3) is 0 Å². The average Bonchev–Trinajstić information content (AvgIpc) is 3.01. The molecule has 0 radical (unpaired) electrons. The Morgan fingerprint density at radius 3 is 0.907 bits per heavy atom. The molecule has 0 saturated carbocycles. The van der Waals surface area contributed by atoms with E-state index in [4.69, 9.17) is 4.74 Å². The second-order valence-electron chi connectivity index (χ2n) is 13.8. The summed E-state index contributed by atoms with van der Waals surface area (Å²) < 4.78 is 5.32. The summed E-state index contributed by atoms with van der Waals surface area (Å²) in [5.74, 6) is -0.409. The SMILES string of the molecule is CCCCCCCCCCCCCCCCCCCCC(O)C(=O)OCCCCCCCCCCCCCCCCCC. The molecule has 0 saturated heterocycles. The zero-order chi connectivity index (χ0) is 31.3. The Balaban J connectivity index is 3.26. The molecule has 43 heavy (non-hydrogen) atoms. The van der Waals surface area contributed by atoms with E-state index < -0.39 is 12.1 Å². The average molecular weight is 609 g/mol. The molecule has 0 aromatic heterocycles. The fourth-order valence-corrected chi connectivity index (χ4v) is 6.28. The zero-order valence-corrected chi connectivity index (χ0v) is 29.8. The van der Waals surface area contributed by atoms with Crippen LogP contribution in [0, 0.1) is 0 Å². The normalized spacial score (nSPS) is 12.2. The summed E-state index contributed by atoms with van der Waals surface area (Å²) in [7, 11) is 0. The van der Waals surface area contributed by atoms with E-state index in [9.17, 15) is 9.90 Å². The lowest BCUT2D eigenvalue weighted by molar-refractivity contribution is -0.154. The summed E-state index contributed by atoms with van der Waals surface area (Å²) in [6, 6.07) is 0. The van der Waals surface area contributed by atoms with E-state index in [1.165, 1.54) is 193 Å². The van der Waals surface area contributed by atoms with Crippen LogP contribution < -0.4 is 0 Å². The molecule has 1 N–H and O–H groups in total. The van der Waals surface area contributed by atoms with E-state index in [2.05, 4.69) is 13.8 Å². The molecular weight excluding hydrogens is 528 g/mol. The van der Waals surface area contributed by atoms with E-state index in [0.29, 0.717) is 13.0 Å². The predicted molar refractivity (Wildman–Crippen MR) is 190 cm³/mol. The van der Waals surface area contributed by atoms with Crippen molar-refractivity contribution in [1.29, 1.82) is 0 Å². The van der Waals surface area contributed by atoms with Crippen molar-refractivity contribution in [2.75, 3.05) is 6.61 Å². The van der Waals surface area contributed by atoms with Crippen molar-refractivity contribution in [2.45, 2.75) is 245 Å². The van der Waals surface area contributed by atoms with Crippen LogP contribution in [0.4, 0.5) is 0 Å². The van der Waals surface area contributed by atoms with Crippen molar-refractivity contribution in [3.63, 3.8) is 0 Å². The minimum atomic E-state index is -0.929. The number of hydrogen-bond acceptors (Lipinski definition) is 3. The van der Waals surface area contributed by atoms with Crippen molar-refractivity contribution >= 4 is 5.97 Å². The van der Waals surface area contributed by atoms with Crippen LogP contribution in [-0.4, -0.2) is 23.8 Å². The Hall–Kier alpha value is -0.570. The quantitative estimate of drug-likeness (QED) is 0.0563. The number of rotatable bonds is 37. The summed E-state index contributed by atoms with van der Waals surface area (Å²) in [4.78, 5) is 12.0. The number of unbranched alkanes of at least 4 members (excludes halogenated alkanes) is 32. The van der Waals surface area contributed by atoms with Crippen LogP contribution in [0.5, 0.6) is 0 Å². The second kappa shape index (κ2) is 37.6. The Labute approximate surface area is 271 Å². The largest absolute Gasteiger partial charge is 0.464 e. The molecule has 0 aliphatic carbocycles. The number of hydrogen-bond donors (Lipinski definition) is 1. The molecule has 0 bridgehead atoms. The third-order valence-corrected chi connectivity index (χ3v) is 9.35. The number of aliphatic hydroxyl groups excluding tert-OH is 1. The van der Waals surface area contributed by atoms with Gasteiger partial charge in [-0.05, 0) is 12.8 Å². The highest BCUT2D eigenvalue weighted by atomic mass is 16.5. The molecule has 0 rings (SSSR count). The number of carbonyl (C=O) groups is 1. The molecule has 0 heterocycles. The van der Waals surface area contributed by atoms with Crippen LogP contribution in [0.15, 0.2) is 0 Å². The Morgan fingerprint density at radius 1 is 0.395 bits per heavy atom. The minimum Gasteiger partial charge on any atom is -0.464 e. The van der Waals surface area contributed by atoms with Gasteiger partial charge in [0, 0.05) is 0 Å². The molecule has 0 aliphatic heterocycles. The first-order chi connectivity index (χ1) is 21.2. The highest BCUT2D eigenvalue weighted by molar-refractivity contribution is 5.74. The first kappa shape index (κ1) is 42.4. The fraction of sp³-hybridized carbons (Fsp3) is 0.975. The summed E-state index contributed by atoms with van der Waals surface area (Å²) in [6.07, 6.45) is 45.4. The maximum absolute atomic E-state index is 12.0. The summed E-state index contributed by atoms with van der Waals surface area (Å²) >= 11 is 0. The lowest BCUT2D eigenvalue weighted by Gasteiger charge is -2.10. The predicted octanol–water partition coefficient (Wildman–Crippen LogP) is 13.6. The van der Waals surface area contributed by atoms with Gasteiger partial charge in [0.05, 0.1) is 6.61 Å². The second-order valence-corrected chi connectivity index (χ2v) is 13.8. The van der Waals surface area contributed by atoms with Gasteiger partial charge >= 0.3 is 5.97 Å². The van der Waals surface area contributed by atoms with Gasteiger partial charge in [-0.1, -0.05) is 226 Å². The van der Waals surface area contributed by atoms with Gasteiger partial charge < -0.3 is 9.84 Å². The molecule has 0 fully saturated rings. The Bertz CT molecular complexity index is 520. The highest BCUT2D eigenvalue weighted by Gasteiger charge is 2.15. The third-order valence-electron chi connectivity index (χ3n) is 9.35. The van der Waals surface area contributed by atoms with E-state index >= 15 is 0 Å². The third kappa shape index (κ3) is 35.8. The van der Waals surface area contributed by atoms with Gasteiger partial charge in [0.2, 0.25) is 0 Å². The van der Waals surface area contributed by atoms with Crippen LogP contribution in [-0.2, 0) is 9.53 Å². The van der Waals surface area contributed by atoms with Crippen LogP contribution >= 0.6 is 0 Å². The maximum Gasteiger partial charge on any atom is 0.334 e. The van der Waals surface area contributed by atoms with E-state index in [1.807, 2.05) is 0 Å². The fourth-order valence-electron chi connectivity index (χ4n) is 6.28. The number of aliphatic hydroxyl groups is 1. The van der Waals surface area contributed by atoms with E-state index in [0.717, 1.165) is 25.7 Å². The standard InChI is InChI=1S/C40H80O3/c1-3-5-7-9-11-13-15-17-19-21-22-23-25-27-29-31-33-35-37-39(41)40(42)43-38-36-34-32-30-28-26-24-20-18-16-14-12-10-8-6-4-2/h39,41H,3-38H2,1-2H3. The summed E-state index contributed by atoms with van der Waals surface area (Å²) in [6.45, 7) is 5.04. The van der Waals surface area contributed by atoms with Crippen LogP contribution in [0.3, 0.4) is 0 Å². The van der Waals surface area contributed by atoms with Crippen molar-refractivity contribution in [2.24, 2.45) is 0 Å². The van der Waals surface area contributed by atoms with Gasteiger partial charge in [0.15, 0.2) is 6.10 Å². The molecule has 3 heteroatoms. The molecule has 0 aromatic rings. The van der Waals surface area contributed by atoms with Gasteiger partial charge in [0.1, 0.15) is 0 Å². The Kier molecular flexibility index (Phi) is 37.1. The van der Waals surface area contributed by atoms with Gasteiger partial charge in [-0.2, -0.15) is 0 Å². The van der Waals surface area contributed by atoms with Crippen LogP contribution in [0.25, 0.3) is 0 Å². The monoisotopic (exact) mass is 609 g/mol. The summed E-state index contributed by atoms with van der Waals surface area (Å²) in [5.41, 5.74) is 0. The van der Waals surface area contributed by atoms with Crippen molar-refractivity contribution < 1.29 is 14.6 Å². The highest BCUT2D eigenvalue weighted by Crippen LogP contribution is 2.16. The first-order valence-corrected chi connectivity index (χ1v) is 20.1. The maximum atomic E-state index is 12.0. The molecule has 0 amide bonds. The molecule has 258 valence electrons. The van der Waals surface area contributed by atoms with Gasteiger partial charge in [-0.15, -0.1) is 0 Å². The van der Waals surface area contributed by atoms with E-state index in [1.54, 1.807) is 0 Å². The number of carbonyl (C=O) groups excluding carboxylic acids is 1. The molecule has 0 aromatic carbocycles. The molecule has 0 spiro atoms. The zero-order valence-electron chi connectivity index (χ0n) is 29.8. The van der Waals surface area contributed by atoms with E-state index in [-0.39, 0.29) is 0 Å². The molecule has 1 atom stereocenters. The lowest BCUT2D eigenvalue weighted by Crippen LogP contribution is -2.23. The Morgan fingerprint density at radius 2 is 0.628 bits per heavy atom. The van der Waals surface area contributed by atoms with Crippen molar-refractivity contribution in [3.05, 3.63) is 0 Å².